The normalized spacial score (nSPS) is 10.5. The molecule has 4 nitrogen and oxygen atoms in total. The largest absolute Gasteiger partial charge is 0.456 e. The Balaban J connectivity index is 1.65. The Morgan fingerprint density at radius 2 is 2.04 bits per heavy atom. The van der Waals surface area contributed by atoms with Crippen LogP contribution in [0.1, 0.15) is 21.6 Å². The van der Waals surface area contributed by atoms with E-state index in [1.54, 1.807) is 12.3 Å². The average Bonchev–Trinajstić information content (AvgIpc) is 3.02. The number of hydrogen-bond donors (Lipinski definition) is 0. The molecular formula is C17H13BrN2O2S. The van der Waals surface area contributed by atoms with Crippen molar-refractivity contribution in [2.75, 3.05) is 0 Å². The van der Waals surface area contributed by atoms with Gasteiger partial charge >= 0.3 is 5.97 Å². The lowest BCUT2D eigenvalue weighted by Gasteiger charge is -2.02. The molecule has 2 aromatic heterocycles. The minimum atomic E-state index is -0.413. The van der Waals surface area contributed by atoms with Gasteiger partial charge in [-0.25, -0.2) is 9.78 Å². The zero-order valence-electron chi connectivity index (χ0n) is 12.3. The summed E-state index contributed by atoms with van der Waals surface area (Å²) < 4.78 is 6.02. The van der Waals surface area contributed by atoms with Gasteiger partial charge in [0.15, 0.2) is 0 Å². The van der Waals surface area contributed by atoms with E-state index in [-0.39, 0.29) is 6.61 Å². The fraction of sp³-hybridized carbons (Fsp3) is 0.118. The van der Waals surface area contributed by atoms with Crippen LogP contribution >= 0.6 is 27.3 Å². The lowest BCUT2D eigenvalue weighted by molar-refractivity contribution is 0.0468. The number of rotatable bonds is 4. The van der Waals surface area contributed by atoms with Crippen molar-refractivity contribution in [2.24, 2.45) is 0 Å². The van der Waals surface area contributed by atoms with Crippen molar-refractivity contribution in [1.82, 2.24) is 9.97 Å². The Morgan fingerprint density at radius 3 is 2.78 bits per heavy atom. The second-order valence-corrected chi connectivity index (χ2v) is 6.75. The molecule has 3 aromatic rings. The lowest BCUT2D eigenvalue weighted by atomic mass is 10.2. The predicted octanol–water partition coefficient (Wildman–Crippen LogP) is 4.63. The molecule has 3 rings (SSSR count). The maximum absolute atomic E-state index is 12.0. The Labute approximate surface area is 146 Å². The third-order valence-electron chi connectivity index (χ3n) is 3.14. The Kier molecular flexibility index (Phi) is 4.83. The van der Waals surface area contributed by atoms with Crippen LogP contribution in [0.15, 0.2) is 52.6 Å². The van der Waals surface area contributed by atoms with E-state index in [0.29, 0.717) is 5.56 Å². The minimum Gasteiger partial charge on any atom is -0.456 e. The van der Waals surface area contributed by atoms with Crippen LogP contribution in [0, 0.1) is 6.92 Å². The monoisotopic (exact) mass is 388 g/mol. The molecule has 0 unspecified atom stereocenters. The van der Waals surface area contributed by atoms with E-state index in [1.807, 2.05) is 24.4 Å². The van der Waals surface area contributed by atoms with Crippen molar-refractivity contribution >= 4 is 33.2 Å². The third kappa shape index (κ3) is 4.03. The fourth-order valence-electron chi connectivity index (χ4n) is 1.95. The summed E-state index contributed by atoms with van der Waals surface area (Å²) in [6.07, 6.45) is 3.09. The van der Waals surface area contributed by atoms with Crippen LogP contribution in [0.4, 0.5) is 0 Å². The molecule has 0 saturated carbocycles. The molecule has 0 N–H and O–H groups in total. The molecule has 0 aliphatic heterocycles. The Hall–Kier alpha value is -2.05. The SMILES string of the molecule is Cc1ccc(-c2nc(COC(=O)c3cncc(Br)c3)cs2)cc1. The van der Waals surface area contributed by atoms with Crippen LogP contribution in [0.2, 0.25) is 0 Å². The van der Waals surface area contributed by atoms with Gasteiger partial charge in [-0.05, 0) is 28.9 Å². The van der Waals surface area contributed by atoms with E-state index >= 15 is 0 Å². The number of pyridine rings is 1. The molecule has 6 heteroatoms. The second-order valence-electron chi connectivity index (χ2n) is 4.98. The van der Waals surface area contributed by atoms with Gasteiger partial charge in [0.05, 0.1) is 11.3 Å². The summed E-state index contributed by atoms with van der Waals surface area (Å²) >= 11 is 4.82. The summed E-state index contributed by atoms with van der Waals surface area (Å²) in [4.78, 5) is 20.4. The predicted molar refractivity (Wildman–Crippen MR) is 93.3 cm³/mol. The average molecular weight is 389 g/mol. The number of benzene rings is 1. The molecule has 0 radical (unpaired) electrons. The number of nitrogens with zero attached hydrogens (tertiary/aromatic N) is 2. The zero-order chi connectivity index (χ0) is 16.2. The molecule has 23 heavy (non-hydrogen) atoms. The number of esters is 1. The highest BCUT2D eigenvalue weighted by molar-refractivity contribution is 9.10. The van der Waals surface area contributed by atoms with Crippen molar-refractivity contribution in [2.45, 2.75) is 13.5 Å². The zero-order valence-corrected chi connectivity index (χ0v) is 14.7. The van der Waals surface area contributed by atoms with Crippen LogP contribution < -0.4 is 0 Å². The van der Waals surface area contributed by atoms with E-state index in [0.717, 1.165) is 20.7 Å². The number of thiazole rings is 1. The highest BCUT2D eigenvalue weighted by atomic mass is 79.9. The maximum atomic E-state index is 12.0. The number of aromatic nitrogens is 2. The van der Waals surface area contributed by atoms with E-state index in [4.69, 9.17) is 4.74 Å². The summed E-state index contributed by atoms with van der Waals surface area (Å²) in [5, 5.41) is 2.82. The first-order chi connectivity index (χ1) is 11.1. The van der Waals surface area contributed by atoms with Gasteiger partial charge in [-0.3, -0.25) is 4.98 Å². The number of carbonyl (C=O) groups is 1. The molecule has 116 valence electrons. The van der Waals surface area contributed by atoms with Gasteiger partial charge in [-0.1, -0.05) is 29.8 Å². The number of aryl methyl sites for hydroxylation is 1. The van der Waals surface area contributed by atoms with Crippen molar-refractivity contribution in [3.8, 4) is 10.6 Å². The Bertz CT molecular complexity index is 831. The number of halogens is 1. The van der Waals surface area contributed by atoms with Crippen molar-refractivity contribution in [3.63, 3.8) is 0 Å². The molecular weight excluding hydrogens is 376 g/mol. The van der Waals surface area contributed by atoms with E-state index in [9.17, 15) is 4.79 Å². The molecule has 1 aromatic carbocycles. The number of hydrogen-bond acceptors (Lipinski definition) is 5. The Morgan fingerprint density at radius 1 is 1.26 bits per heavy atom. The summed E-state index contributed by atoms with van der Waals surface area (Å²) in [7, 11) is 0. The quantitative estimate of drug-likeness (QED) is 0.611. The fourth-order valence-corrected chi connectivity index (χ4v) is 3.12. The van der Waals surface area contributed by atoms with Crippen LogP contribution in [0.3, 0.4) is 0 Å². The van der Waals surface area contributed by atoms with Gasteiger partial charge in [0.2, 0.25) is 0 Å². The van der Waals surface area contributed by atoms with Gasteiger partial charge in [0, 0.05) is 27.8 Å². The molecule has 0 saturated heterocycles. The van der Waals surface area contributed by atoms with Crippen molar-refractivity contribution in [1.29, 1.82) is 0 Å². The molecule has 0 atom stereocenters. The highest BCUT2D eigenvalue weighted by Gasteiger charge is 2.10. The molecule has 0 aliphatic carbocycles. The molecule has 0 fully saturated rings. The molecule has 2 heterocycles. The summed E-state index contributed by atoms with van der Waals surface area (Å²) in [6.45, 7) is 2.20. The van der Waals surface area contributed by atoms with Gasteiger partial charge in [0.25, 0.3) is 0 Å². The van der Waals surface area contributed by atoms with Gasteiger partial charge in [0.1, 0.15) is 11.6 Å². The molecule has 0 amide bonds. The topological polar surface area (TPSA) is 52.1 Å². The summed E-state index contributed by atoms with van der Waals surface area (Å²) in [5.74, 6) is -0.413. The van der Waals surface area contributed by atoms with Crippen molar-refractivity contribution < 1.29 is 9.53 Å². The van der Waals surface area contributed by atoms with Crippen LogP contribution in [-0.4, -0.2) is 15.9 Å². The van der Waals surface area contributed by atoms with E-state index < -0.39 is 5.97 Å². The van der Waals surface area contributed by atoms with Crippen LogP contribution in [0.25, 0.3) is 10.6 Å². The van der Waals surface area contributed by atoms with Crippen LogP contribution in [0.5, 0.6) is 0 Å². The summed E-state index contributed by atoms with van der Waals surface area (Å²) in [6, 6.07) is 9.86. The molecule has 0 aliphatic rings. The minimum absolute atomic E-state index is 0.147. The standard InChI is InChI=1S/C17H13BrN2O2S/c1-11-2-4-12(5-3-11)16-20-15(10-23-16)9-22-17(21)13-6-14(18)8-19-7-13/h2-8,10H,9H2,1H3. The number of carbonyl (C=O) groups excluding carboxylic acids is 1. The second kappa shape index (κ2) is 7.02. The molecule has 0 bridgehead atoms. The highest BCUT2D eigenvalue weighted by Crippen LogP contribution is 2.24. The summed E-state index contributed by atoms with van der Waals surface area (Å²) in [5.41, 5.74) is 3.42. The molecule has 0 spiro atoms. The van der Waals surface area contributed by atoms with Crippen LogP contribution in [-0.2, 0) is 11.3 Å². The number of ether oxygens (including phenoxy) is 1. The first kappa shape index (κ1) is 15.8. The van der Waals surface area contributed by atoms with E-state index in [1.165, 1.54) is 23.1 Å². The van der Waals surface area contributed by atoms with Gasteiger partial charge in [-0.2, -0.15) is 0 Å². The van der Waals surface area contributed by atoms with E-state index in [2.05, 4.69) is 38.0 Å². The van der Waals surface area contributed by atoms with Gasteiger partial charge in [-0.15, -0.1) is 11.3 Å². The third-order valence-corrected chi connectivity index (χ3v) is 4.52. The first-order valence-electron chi connectivity index (χ1n) is 6.91. The first-order valence-corrected chi connectivity index (χ1v) is 8.58. The lowest BCUT2D eigenvalue weighted by Crippen LogP contribution is -2.05. The smallest absolute Gasteiger partial charge is 0.340 e. The van der Waals surface area contributed by atoms with Gasteiger partial charge < -0.3 is 4.74 Å². The maximum Gasteiger partial charge on any atom is 0.340 e. The van der Waals surface area contributed by atoms with Crippen molar-refractivity contribution in [3.05, 3.63) is 69.4 Å².